The van der Waals surface area contributed by atoms with E-state index in [4.69, 9.17) is 9.47 Å². The molecule has 1 aromatic carbocycles. The summed E-state index contributed by atoms with van der Waals surface area (Å²) in [7, 11) is 3.11. The Morgan fingerprint density at radius 3 is 2.04 bits per heavy atom. The number of hydrogen-bond donors (Lipinski definition) is 4. The van der Waals surface area contributed by atoms with E-state index in [0.29, 0.717) is 12.0 Å². The lowest BCUT2D eigenvalue weighted by molar-refractivity contribution is -0.144. The average Bonchev–Trinajstić information content (AvgIpc) is 3.50. The first-order valence-electron chi connectivity index (χ1n) is 18.6. The maximum Gasteiger partial charge on any atom is 0.407 e. The number of benzene rings is 1. The standard InChI is InChI=1S/C39H62N6O9/c1-13-24(4)29(31(47)34(49)40-20-28(46)41-30(35(50)44(11)12)25-17-15-14-16-18-25)42-33(48)27-19-26(54-39(8,9)10)21-45(27)36(51)32(38(5,6)7)43-37(52)53-22-23(2)3/h14-18,23-24,26-27,29-30,32H,13,19-22H2,1-12H3,(H,40,49)(H,41,46)(H,42,48)(H,43,52)/t24-,26-,27+,29?,30+,32?/m1/s1. The Balaban J connectivity index is 2.28. The Hall–Kier alpha value is -4.53. The minimum Gasteiger partial charge on any atom is -0.449 e. The number of alkyl carbamates (subject to hydrolysis) is 1. The van der Waals surface area contributed by atoms with Crippen LogP contribution in [0.5, 0.6) is 0 Å². The molecule has 1 fully saturated rings. The highest BCUT2D eigenvalue weighted by molar-refractivity contribution is 6.38. The molecule has 2 rings (SSSR count). The predicted molar refractivity (Wildman–Crippen MR) is 203 cm³/mol. The third-order valence-electron chi connectivity index (χ3n) is 8.84. The minimum atomic E-state index is -1.29. The Kier molecular flexibility index (Phi) is 16.6. The van der Waals surface area contributed by atoms with Gasteiger partial charge in [-0.1, -0.05) is 85.2 Å². The zero-order chi connectivity index (χ0) is 41.1. The van der Waals surface area contributed by atoms with Crippen molar-refractivity contribution in [3.63, 3.8) is 0 Å². The van der Waals surface area contributed by atoms with Crippen molar-refractivity contribution in [2.45, 2.75) is 118 Å². The van der Waals surface area contributed by atoms with Gasteiger partial charge in [0.25, 0.3) is 5.91 Å². The molecule has 1 heterocycles. The first kappa shape index (κ1) is 45.6. The zero-order valence-electron chi connectivity index (χ0n) is 34.0. The second-order valence-electron chi connectivity index (χ2n) is 16.6. The van der Waals surface area contributed by atoms with E-state index in [9.17, 15) is 33.6 Å². The summed E-state index contributed by atoms with van der Waals surface area (Å²) in [4.78, 5) is 96.3. The molecule has 6 atom stereocenters. The molecule has 0 spiro atoms. The SMILES string of the molecule is CC[C@@H](C)C(NC(=O)[C@@H]1C[C@@H](OC(C)(C)C)CN1C(=O)C(NC(=O)OCC(C)C)C(C)(C)C)C(=O)C(=O)NCC(=O)N[C@H](C(=O)N(C)C)c1ccccc1. The van der Waals surface area contributed by atoms with E-state index in [0.717, 1.165) is 0 Å². The molecule has 2 unspecified atom stereocenters. The van der Waals surface area contributed by atoms with Crippen molar-refractivity contribution in [1.82, 2.24) is 31.1 Å². The zero-order valence-corrected chi connectivity index (χ0v) is 34.0. The number of likely N-dealkylation sites (tertiary alicyclic amines) is 1. The molecule has 4 N–H and O–H groups in total. The van der Waals surface area contributed by atoms with Crippen molar-refractivity contribution in [2.24, 2.45) is 17.3 Å². The topological polar surface area (TPSA) is 193 Å². The summed E-state index contributed by atoms with van der Waals surface area (Å²) < 4.78 is 11.5. The summed E-state index contributed by atoms with van der Waals surface area (Å²) in [6.45, 7) is 17.8. The van der Waals surface area contributed by atoms with Crippen molar-refractivity contribution < 1.29 is 43.0 Å². The number of carbonyl (C=O) groups excluding carboxylic acids is 7. The predicted octanol–water partition coefficient (Wildman–Crippen LogP) is 2.73. The van der Waals surface area contributed by atoms with Crippen LogP contribution in [0, 0.1) is 17.3 Å². The molecule has 0 aromatic heterocycles. The van der Waals surface area contributed by atoms with Gasteiger partial charge in [-0.05, 0) is 43.6 Å². The summed E-state index contributed by atoms with van der Waals surface area (Å²) in [6.07, 6.45) is -0.794. The Morgan fingerprint density at radius 2 is 1.52 bits per heavy atom. The van der Waals surface area contributed by atoms with Gasteiger partial charge < -0.3 is 40.5 Å². The van der Waals surface area contributed by atoms with Crippen LogP contribution in [-0.2, 0) is 38.2 Å². The van der Waals surface area contributed by atoms with Gasteiger partial charge in [0.2, 0.25) is 29.4 Å². The van der Waals surface area contributed by atoms with Crippen LogP contribution in [0.25, 0.3) is 0 Å². The van der Waals surface area contributed by atoms with Crippen LogP contribution in [0.3, 0.4) is 0 Å². The van der Waals surface area contributed by atoms with Crippen LogP contribution in [0.4, 0.5) is 4.79 Å². The largest absolute Gasteiger partial charge is 0.449 e. The molecule has 1 aromatic rings. The Morgan fingerprint density at radius 1 is 0.907 bits per heavy atom. The first-order valence-corrected chi connectivity index (χ1v) is 18.6. The fourth-order valence-corrected chi connectivity index (χ4v) is 5.83. The second kappa shape index (κ2) is 19.7. The number of nitrogens with zero attached hydrogens (tertiary/aromatic N) is 2. The number of ether oxygens (including phenoxy) is 2. The highest BCUT2D eigenvalue weighted by Gasteiger charge is 2.47. The Labute approximate surface area is 320 Å². The molecule has 1 saturated heterocycles. The van der Waals surface area contributed by atoms with Crippen LogP contribution >= 0.6 is 0 Å². The molecule has 302 valence electrons. The molecule has 0 bridgehead atoms. The summed E-state index contributed by atoms with van der Waals surface area (Å²) in [5, 5.41) is 10.3. The number of Topliss-reactive ketones (excluding diaryl/α,β-unsaturated/α-hetero) is 1. The monoisotopic (exact) mass is 758 g/mol. The van der Waals surface area contributed by atoms with Gasteiger partial charge in [0.1, 0.15) is 18.1 Å². The fourth-order valence-electron chi connectivity index (χ4n) is 5.83. The molecule has 6 amide bonds. The number of amides is 6. The summed E-state index contributed by atoms with van der Waals surface area (Å²) in [5.41, 5.74) is -0.844. The van der Waals surface area contributed by atoms with Crippen LogP contribution < -0.4 is 21.3 Å². The normalized spacial score (nSPS) is 18.1. The number of rotatable bonds is 16. The molecule has 1 aliphatic heterocycles. The quantitative estimate of drug-likeness (QED) is 0.184. The molecule has 15 nitrogen and oxygen atoms in total. The lowest BCUT2D eigenvalue weighted by atomic mass is 9.85. The summed E-state index contributed by atoms with van der Waals surface area (Å²) in [5.74, 6) is -4.80. The van der Waals surface area contributed by atoms with Crippen molar-refractivity contribution in [3.8, 4) is 0 Å². The van der Waals surface area contributed by atoms with E-state index >= 15 is 0 Å². The molecule has 0 saturated carbocycles. The van der Waals surface area contributed by atoms with Crippen molar-refractivity contribution in [2.75, 3.05) is 33.8 Å². The summed E-state index contributed by atoms with van der Waals surface area (Å²) >= 11 is 0. The van der Waals surface area contributed by atoms with Gasteiger partial charge in [0, 0.05) is 27.1 Å². The maximum atomic E-state index is 14.2. The number of nitrogens with one attached hydrogen (secondary N) is 4. The van der Waals surface area contributed by atoms with E-state index in [1.807, 2.05) is 34.6 Å². The smallest absolute Gasteiger partial charge is 0.407 e. The lowest BCUT2D eigenvalue weighted by Gasteiger charge is -2.35. The van der Waals surface area contributed by atoms with E-state index < -0.39 is 89.3 Å². The fraction of sp³-hybridized carbons (Fsp3) is 0.667. The van der Waals surface area contributed by atoms with Crippen LogP contribution in [-0.4, -0.2) is 115 Å². The summed E-state index contributed by atoms with van der Waals surface area (Å²) in [6, 6.07) is 4.12. The van der Waals surface area contributed by atoms with Crippen LogP contribution in [0.2, 0.25) is 0 Å². The molecular formula is C39H62N6O9. The van der Waals surface area contributed by atoms with Gasteiger partial charge in [0.15, 0.2) is 0 Å². The molecular weight excluding hydrogens is 696 g/mol. The number of likely N-dealkylation sites (N-methyl/N-ethyl adjacent to an activating group) is 1. The van der Waals surface area contributed by atoms with Crippen molar-refractivity contribution >= 4 is 41.4 Å². The van der Waals surface area contributed by atoms with Crippen LogP contribution in [0.15, 0.2) is 30.3 Å². The first-order chi connectivity index (χ1) is 25.0. The number of carbonyl (C=O) groups is 7. The maximum absolute atomic E-state index is 14.2. The van der Waals surface area contributed by atoms with E-state index in [1.165, 1.54) is 9.80 Å². The molecule has 0 aliphatic carbocycles. The molecule has 54 heavy (non-hydrogen) atoms. The number of hydrogen-bond acceptors (Lipinski definition) is 9. The average molecular weight is 759 g/mol. The third kappa shape index (κ3) is 13.7. The highest BCUT2D eigenvalue weighted by atomic mass is 16.5. The van der Waals surface area contributed by atoms with Gasteiger partial charge in [-0.2, -0.15) is 0 Å². The van der Waals surface area contributed by atoms with E-state index in [1.54, 1.807) is 79.0 Å². The van der Waals surface area contributed by atoms with Gasteiger partial charge in [-0.15, -0.1) is 0 Å². The van der Waals surface area contributed by atoms with Gasteiger partial charge in [-0.25, -0.2) is 4.79 Å². The highest BCUT2D eigenvalue weighted by Crippen LogP contribution is 2.29. The van der Waals surface area contributed by atoms with Crippen LogP contribution in [0.1, 0.15) is 93.7 Å². The van der Waals surface area contributed by atoms with Gasteiger partial charge >= 0.3 is 6.09 Å². The second-order valence-corrected chi connectivity index (χ2v) is 16.6. The number of ketones is 1. The van der Waals surface area contributed by atoms with E-state index in [-0.39, 0.29) is 31.4 Å². The molecule has 1 aliphatic rings. The van der Waals surface area contributed by atoms with Crippen molar-refractivity contribution in [3.05, 3.63) is 35.9 Å². The lowest BCUT2D eigenvalue weighted by Crippen LogP contribution is -2.59. The van der Waals surface area contributed by atoms with Crippen molar-refractivity contribution in [1.29, 1.82) is 0 Å². The minimum absolute atomic E-state index is 0.0430. The van der Waals surface area contributed by atoms with E-state index in [2.05, 4.69) is 21.3 Å². The third-order valence-corrected chi connectivity index (χ3v) is 8.84. The molecule has 15 heteroatoms. The molecule has 0 radical (unpaired) electrons. The Bertz CT molecular complexity index is 1490. The van der Waals surface area contributed by atoms with Gasteiger partial charge in [0.05, 0.1) is 30.9 Å². The van der Waals surface area contributed by atoms with Gasteiger partial charge in [-0.3, -0.25) is 28.8 Å².